The summed E-state index contributed by atoms with van der Waals surface area (Å²) in [5, 5.41) is 9.36. The topological polar surface area (TPSA) is 80.7 Å². The van der Waals surface area contributed by atoms with Gasteiger partial charge in [0, 0.05) is 31.6 Å². The van der Waals surface area contributed by atoms with Crippen molar-refractivity contribution >= 4 is 17.5 Å². The van der Waals surface area contributed by atoms with Gasteiger partial charge in [-0.3, -0.25) is 14.4 Å². The molecule has 3 saturated carbocycles. The number of Topliss-reactive ketones (excluding diaryl/α,β-unsaturated/α-hetero) is 2. The minimum absolute atomic E-state index is 0.0523. The molecular weight excluding hydrogens is 344 g/mol. The SMILES string of the molecule is CC(=O)OC1CC[C@H]2C(=CC[C@@H]3[C@@H]2C(=O)C[C@]2(C)[C@@H](C(=O)CO)CC[C@@H]32)C1. The summed E-state index contributed by atoms with van der Waals surface area (Å²) in [5.41, 5.74) is 1.00. The van der Waals surface area contributed by atoms with Gasteiger partial charge in [-0.15, -0.1) is 0 Å². The number of aliphatic hydroxyl groups excluding tert-OH is 1. The molecule has 1 unspecified atom stereocenters. The zero-order valence-corrected chi connectivity index (χ0v) is 16.3. The van der Waals surface area contributed by atoms with E-state index in [-0.39, 0.29) is 41.0 Å². The molecule has 5 heteroatoms. The van der Waals surface area contributed by atoms with Crippen LogP contribution in [0.2, 0.25) is 0 Å². The van der Waals surface area contributed by atoms with Crippen LogP contribution in [0, 0.1) is 35.0 Å². The largest absolute Gasteiger partial charge is 0.462 e. The van der Waals surface area contributed by atoms with Crippen LogP contribution < -0.4 is 0 Å². The predicted molar refractivity (Wildman–Crippen MR) is 98.6 cm³/mol. The molecule has 0 spiro atoms. The summed E-state index contributed by atoms with van der Waals surface area (Å²) in [6.45, 7) is 3.14. The molecule has 4 aliphatic rings. The first kappa shape index (κ1) is 18.9. The Morgan fingerprint density at radius 2 is 2.04 bits per heavy atom. The Kier molecular flexibility index (Phi) is 4.77. The van der Waals surface area contributed by atoms with E-state index in [2.05, 4.69) is 13.0 Å². The number of aliphatic hydroxyl groups is 1. The van der Waals surface area contributed by atoms with Crippen LogP contribution >= 0.6 is 0 Å². The molecule has 1 N–H and O–H groups in total. The van der Waals surface area contributed by atoms with Gasteiger partial charge in [-0.25, -0.2) is 0 Å². The molecule has 0 bridgehead atoms. The smallest absolute Gasteiger partial charge is 0.302 e. The lowest BCUT2D eigenvalue weighted by molar-refractivity contribution is -0.150. The first-order valence-electron chi connectivity index (χ1n) is 10.4. The molecule has 4 aliphatic carbocycles. The van der Waals surface area contributed by atoms with Gasteiger partial charge >= 0.3 is 5.97 Å². The Bertz CT molecular complexity index is 695. The molecule has 0 amide bonds. The third-order valence-electron chi connectivity index (χ3n) is 8.02. The average molecular weight is 374 g/mol. The summed E-state index contributed by atoms with van der Waals surface area (Å²) >= 11 is 0. The Morgan fingerprint density at radius 3 is 2.74 bits per heavy atom. The van der Waals surface area contributed by atoms with Crippen molar-refractivity contribution in [3.05, 3.63) is 11.6 Å². The molecule has 4 rings (SSSR count). The Morgan fingerprint density at radius 1 is 1.26 bits per heavy atom. The Hall–Kier alpha value is -1.49. The monoisotopic (exact) mass is 374 g/mol. The van der Waals surface area contributed by atoms with Gasteiger partial charge in [0.25, 0.3) is 0 Å². The maximum Gasteiger partial charge on any atom is 0.302 e. The van der Waals surface area contributed by atoms with Gasteiger partial charge in [-0.1, -0.05) is 18.6 Å². The van der Waals surface area contributed by atoms with Crippen LogP contribution in [-0.2, 0) is 19.1 Å². The van der Waals surface area contributed by atoms with Crippen LogP contribution in [0.4, 0.5) is 0 Å². The first-order valence-corrected chi connectivity index (χ1v) is 10.4. The predicted octanol–water partition coefficient (Wildman–Crippen LogP) is 2.85. The summed E-state index contributed by atoms with van der Waals surface area (Å²) in [5.74, 6) is 0.823. The van der Waals surface area contributed by atoms with Gasteiger partial charge in [0.2, 0.25) is 0 Å². The molecule has 0 aromatic rings. The number of allylic oxidation sites excluding steroid dienone is 1. The highest BCUT2D eigenvalue weighted by atomic mass is 16.5. The van der Waals surface area contributed by atoms with E-state index >= 15 is 0 Å². The van der Waals surface area contributed by atoms with Crippen LogP contribution in [-0.4, -0.2) is 35.4 Å². The highest BCUT2D eigenvalue weighted by Crippen LogP contribution is 2.62. The number of carbonyl (C=O) groups is 3. The number of esters is 1. The van der Waals surface area contributed by atoms with Crippen molar-refractivity contribution in [3.63, 3.8) is 0 Å². The van der Waals surface area contributed by atoms with E-state index in [9.17, 15) is 19.5 Å². The second-order valence-electron chi connectivity index (χ2n) is 9.33. The second kappa shape index (κ2) is 6.84. The van der Waals surface area contributed by atoms with Gasteiger partial charge in [-0.05, 0) is 55.3 Å². The van der Waals surface area contributed by atoms with Gasteiger partial charge in [0.1, 0.15) is 18.5 Å². The fourth-order valence-electron chi connectivity index (χ4n) is 7.01. The van der Waals surface area contributed by atoms with Crippen molar-refractivity contribution in [2.45, 2.75) is 64.9 Å². The number of hydrogen-bond donors (Lipinski definition) is 1. The molecule has 0 aromatic carbocycles. The van der Waals surface area contributed by atoms with E-state index in [1.54, 1.807) is 0 Å². The Balaban J connectivity index is 1.58. The van der Waals surface area contributed by atoms with Crippen LogP contribution in [0.15, 0.2) is 11.6 Å². The number of carbonyl (C=O) groups excluding carboxylic acids is 3. The van der Waals surface area contributed by atoms with E-state index in [0.717, 1.165) is 38.5 Å². The zero-order valence-electron chi connectivity index (χ0n) is 16.3. The lowest BCUT2D eigenvalue weighted by atomic mass is 9.51. The summed E-state index contributed by atoms with van der Waals surface area (Å²) < 4.78 is 5.42. The van der Waals surface area contributed by atoms with Crippen molar-refractivity contribution in [3.8, 4) is 0 Å². The highest BCUT2D eigenvalue weighted by molar-refractivity contribution is 5.88. The zero-order chi connectivity index (χ0) is 19.3. The molecule has 0 radical (unpaired) electrons. The van der Waals surface area contributed by atoms with Crippen LogP contribution in [0.5, 0.6) is 0 Å². The van der Waals surface area contributed by atoms with Gasteiger partial charge < -0.3 is 9.84 Å². The number of ether oxygens (including phenoxy) is 1. The summed E-state index contributed by atoms with van der Waals surface area (Å²) in [6.07, 6.45) is 7.85. The van der Waals surface area contributed by atoms with E-state index in [4.69, 9.17) is 4.74 Å². The molecule has 0 aliphatic heterocycles. The Labute approximate surface area is 160 Å². The maximum absolute atomic E-state index is 13.3. The van der Waals surface area contributed by atoms with Crippen LogP contribution in [0.3, 0.4) is 0 Å². The number of hydrogen-bond acceptors (Lipinski definition) is 5. The lowest BCUT2D eigenvalue weighted by Crippen LogP contribution is -2.52. The molecule has 0 heterocycles. The van der Waals surface area contributed by atoms with Gasteiger partial charge in [-0.2, -0.15) is 0 Å². The molecule has 27 heavy (non-hydrogen) atoms. The molecular formula is C22H30O5. The van der Waals surface area contributed by atoms with E-state index in [0.29, 0.717) is 24.0 Å². The molecule has 5 nitrogen and oxygen atoms in total. The molecule has 0 aromatic heterocycles. The minimum Gasteiger partial charge on any atom is -0.462 e. The highest BCUT2D eigenvalue weighted by Gasteiger charge is 2.60. The molecule has 0 saturated heterocycles. The second-order valence-corrected chi connectivity index (χ2v) is 9.33. The van der Waals surface area contributed by atoms with E-state index in [1.807, 2.05) is 0 Å². The number of ketones is 2. The summed E-state index contributed by atoms with van der Waals surface area (Å²) in [6, 6.07) is 0. The van der Waals surface area contributed by atoms with Crippen molar-refractivity contribution in [1.82, 2.24) is 0 Å². The number of fused-ring (bicyclic) bond motifs is 5. The molecule has 3 fully saturated rings. The standard InChI is InChI=1S/C22H30O5/c1-12(24)27-14-4-6-15-13(9-14)3-5-16-17-7-8-18(20(26)11-23)22(17,2)10-19(25)21(15)16/h3,14-18,21,23H,4-11H2,1-2H3/t14?,15-,16-,17-,18+,21+,22-/m0/s1. The normalized spacial score (nSPS) is 43.2. The number of rotatable bonds is 3. The quantitative estimate of drug-likeness (QED) is 0.607. The van der Waals surface area contributed by atoms with Gasteiger partial charge in [0.05, 0.1) is 0 Å². The molecule has 148 valence electrons. The third kappa shape index (κ3) is 2.98. The maximum atomic E-state index is 13.3. The third-order valence-corrected chi connectivity index (χ3v) is 8.02. The summed E-state index contributed by atoms with van der Waals surface area (Å²) in [4.78, 5) is 36.8. The van der Waals surface area contributed by atoms with E-state index in [1.165, 1.54) is 12.5 Å². The van der Waals surface area contributed by atoms with Crippen molar-refractivity contribution in [1.29, 1.82) is 0 Å². The van der Waals surface area contributed by atoms with Gasteiger partial charge in [0.15, 0.2) is 5.78 Å². The van der Waals surface area contributed by atoms with Crippen molar-refractivity contribution in [2.24, 2.45) is 35.0 Å². The first-order chi connectivity index (χ1) is 12.8. The molecule has 7 atom stereocenters. The lowest BCUT2D eigenvalue weighted by Gasteiger charge is -2.52. The van der Waals surface area contributed by atoms with Crippen molar-refractivity contribution < 1.29 is 24.2 Å². The van der Waals surface area contributed by atoms with E-state index < -0.39 is 6.61 Å². The summed E-state index contributed by atoms with van der Waals surface area (Å²) in [7, 11) is 0. The fourth-order valence-corrected chi connectivity index (χ4v) is 7.01. The van der Waals surface area contributed by atoms with Crippen molar-refractivity contribution in [2.75, 3.05) is 6.61 Å². The van der Waals surface area contributed by atoms with Crippen LogP contribution in [0.1, 0.15) is 58.8 Å². The fraction of sp³-hybridized carbons (Fsp3) is 0.773. The average Bonchev–Trinajstić information content (AvgIpc) is 2.96. The van der Waals surface area contributed by atoms with Crippen LogP contribution in [0.25, 0.3) is 0 Å². The minimum atomic E-state index is -0.417.